The number of amides is 1. The van der Waals surface area contributed by atoms with Crippen LogP contribution in [0.2, 0.25) is 0 Å². The molecule has 33 heavy (non-hydrogen) atoms. The first-order valence-electron chi connectivity index (χ1n) is 10.7. The number of furan rings is 1. The lowest BCUT2D eigenvalue weighted by Crippen LogP contribution is -2.27. The van der Waals surface area contributed by atoms with Gasteiger partial charge in [0.15, 0.2) is 0 Å². The number of rotatable bonds is 6. The van der Waals surface area contributed by atoms with Crippen molar-refractivity contribution in [3.8, 4) is 0 Å². The highest BCUT2D eigenvalue weighted by Crippen LogP contribution is 2.26. The van der Waals surface area contributed by atoms with Crippen molar-refractivity contribution >= 4 is 34.4 Å². The summed E-state index contributed by atoms with van der Waals surface area (Å²) >= 11 is 1.48. The Bertz CT molecular complexity index is 1440. The van der Waals surface area contributed by atoms with Crippen molar-refractivity contribution in [2.75, 3.05) is 0 Å². The van der Waals surface area contributed by atoms with Crippen LogP contribution in [0.1, 0.15) is 46.0 Å². The summed E-state index contributed by atoms with van der Waals surface area (Å²) in [5, 5.41) is 9.25. The van der Waals surface area contributed by atoms with Gasteiger partial charge < -0.3 is 9.73 Å². The summed E-state index contributed by atoms with van der Waals surface area (Å²) < 4.78 is 7.64. The Hall–Kier alpha value is -3.65. The van der Waals surface area contributed by atoms with E-state index < -0.39 is 0 Å². The van der Waals surface area contributed by atoms with Gasteiger partial charge in [-0.25, -0.2) is 9.50 Å². The Kier molecular flexibility index (Phi) is 5.60. The Morgan fingerprint density at radius 3 is 2.73 bits per heavy atom. The fourth-order valence-electron chi connectivity index (χ4n) is 3.78. The highest BCUT2D eigenvalue weighted by Gasteiger charge is 2.18. The van der Waals surface area contributed by atoms with Gasteiger partial charge in [0.1, 0.15) is 11.3 Å². The number of para-hydroxylation sites is 1. The van der Waals surface area contributed by atoms with Gasteiger partial charge in [0.25, 0.3) is 11.7 Å². The molecule has 166 valence electrons. The number of nitrogens with zero attached hydrogens (tertiary/aromatic N) is 4. The van der Waals surface area contributed by atoms with E-state index in [0.717, 1.165) is 33.7 Å². The van der Waals surface area contributed by atoms with Gasteiger partial charge in [-0.2, -0.15) is 4.98 Å². The fraction of sp³-hybridized carbons (Fsp3) is 0.200. The predicted octanol–water partition coefficient (Wildman–Crippen LogP) is 5.27. The molecule has 3 heterocycles. The molecule has 1 unspecified atom stereocenters. The van der Waals surface area contributed by atoms with Gasteiger partial charge in [-0.15, -0.1) is 5.10 Å². The largest absolute Gasteiger partial charge is 0.459 e. The maximum absolute atomic E-state index is 13.1. The average molecular weight is 458 g/mol. The topological polar surface area (TPSA) is 85.3 Å². The number of aryl methyl sites for hydroxylation is 2. The molecule has 1 N–H and O–H groups in total. The van der Waals surface area contributed by atoms with E-state index in [4.69, 9.17) is 4.42 Å². The van der Waals surface area contributed by atoms with E-state index in [-0.39, 0.29) is 11.9 Å². The smallest absolute Gasteiger partial charge is 0.253 e. The van der Waals surface area contributed by atoms with E-state index in [0.29, 0.717) is 22.3 Å². The number of hydrogen-bond acceptors (Lipinski definition) is 6. The number of nitrogens with one attached hydrogen (secondary N) is 1. The monoisotopic (exact) mass is 457 g/mol. The van der Waals surface area contributed by atoms with E-state index in [9.17, 15) is 4.79 Å². The lowest BCUT2D eigenvalue weighted by molar-refractivity contribution is 0.0935. The van der Waals surface area contributed by atoms with E-state index in [2.05, 4.69) is 20.4 Å². The Labute approximate surface area is 195 Å². The third-order valence-electron chi connectivity index (χ3n) is 5.44. The number of carbonyl (C=O) groups excluding carboxylic acids is 1. The molecule has 7 nitrogen and oxygen atoms in total. The van der Waals surface area contributed by atoms with Crippen LogP contribution in [0.25, 0.3) is 16.7 Å². The van der Waals surface area contributed by atoms with E-state index >= 15 is 0 Å². The molecule has 0 aliphatic rings. The maximum Gasteiger partial charge on any atom is 0.253 e. The van der Waals surface area contributed by atoms with Crippen LogP contribution in [0.15, 0.2) is 70.2 Å². The molecular formula is C25H23N5O2S. The van der Waals surface area contributed by atoms with Gasteiger partial charge in [-0.1, -0.05) is 48.2 Å². The zero-order valence-corrected chi connectivity index (χ0v) is 19.4. The second-order valence-electron chi connectivity index (χ2n) is 7.97. The van der Waals surface area contributed by atoms with Crippen LogP contribution >= 0.6 is 11.8 Å². The number of aromatic nitrogens is 4. The highest BCUT2D eigenvalue weighted by atomic mass is 32.2. The summed E-state index contributed by atoms with van der Waals surface area (Å²) in [7, 11) is 0. The summed E-state index contributed by atoms with van der Waals surface area (Å²) in [5.41, 5.74) is 4.24. The molecule has 0 radical (unpaired) electrons. The van der Waals surface area contributed by atoms with Gasteiger partial charge in [0.2, 0.25) is 5.16 Å². The normalized spacial score (nSPS) is 12.3. The van der Waals surface area contributed by atoms with Crippen molar-refractivity contribution in [1.82, 2.24) is 24.9 Å². The minimum absolute atomic E-state index is 0.143. The maximum atomic E-state index is 13.1. The summed E-state index contributed by atoms with van der Waals surface area (Å²) in [6.45, 7) is 5.84. The molecule has 1 amide bonds. The molecule has 0 saturated heterocycles. The highest BCUT2D eigenvalue weighted by molar-refractivity contribution is 7.98. The van der Waals surface area contributed by atoms with Gasteiger partial charge in [0, 0.05) is 28.1 Å². The fourth-order valence-corrected chi connectivity index (χ4v) is 4.60. The van der Waals surface area contributed by atoms with Gasteiger partial charge >= 0.3 is 0 Å². The SMILES string of the molecule is Cc1cc(C)n2nc(SCc3ccccc3C(=O)NC(C)c3cc4ccccc4o3)nc2n1. The number of benzene rings is 2. The number of thioether (sulfide) groups is 1. The molecule has 5 aromatic rings. The first kappa shape index (κ1) is 21.2. The first-order chi connectivity index (χ1) is 16.0. The lowest BCUT2D eigenvalue weighted by atomic mass is 10.1. The second kappa shape index (κ2) is 8.71. The van der Waals surface area contributed by atoms with Crippen molar-refractivity contribution in [1.29, 1.82) is 0 Å². The van der Waals surface area contributed by atoms with Crippen LogP contribution in [0.4, 0.5) is 0 Å². The quantitative estimate of drug-likeness (QED) is 0.350. The van der Waals surface area contributed by atoms with Crippen LogP contribution < -0.4 is 5.32 Å². The molecule has 5 rings (SSSR count). The molecule has 0 aliphatic carbocycles. The molecule has 8 heteroatoms. The molecule has 1 atom stereocenters. The third-order valence-corrected chi connectivity index (χ3v) is 6.32. The number of fused-ring (bicyclic) bond motifs is 2. The van der Waals surface area contributed by atoms with Crippen LogP contribution in [-0.4, -0.2) is 25.5 Å². The standard InChI is InChI=1S/C25H23N5O2S/c1-15-12-16(2)30-24(26-15)28-25(29-30)33-14-19-9-4-6-10-20(19)23(31)27-17(3)22-13-18-8-5-7-11-21(18)32-22/h4-13,17H,14H2,1-3H3,(H,27,31). The lowest BCUT2D eigenvalue weighted by Gasteiger charge is -2.13. The van der Waals surface area contributed by atoms with E-state index in [1.807, 2.05) is 81.4 Å². The van der Waals surface area contributed by atoms with Crippen molar-refractivity contribution in [2.45, 2.75) is 37.7 Å². The molecule has 0 aliphatic heterocycles. The Morgan fingerprint density at radius 1 is 1.09 bits per heavy atom. The van der Waals surface area contributed by atoms with Crippen molar-refractivity contribution in [3.05, 3.63) is 88.9 Å². The van der Waals surface area contributed by atoms with Crippen molar-refractivity contribution in [2.24, 2.45) is 0 Å². The van der Waals surface area contributed by atoms with Gasteiger partial charge in [-0.3, -0.25) is 4.79 Å². The van der Waals surface area contributed by atoms with E-state index in [1.54, 1.807) is 4.52 Å². The Balaban J connectivity index is 1.32. The van der Waals surface area contributed by atoms with E-state index in [1.165, 1.54) is 11.8 Å². The minimum atomic E-state index is -0.261. The average Bonchev–Trinajstić information content (AvgIpc) is 3.42. The van der Waals surface area contributed by atoms with Crippen LogP contribution in [0.3, 0.4) is 0 Å². The van der Waals surface area contributed by atoms with Crippen LogP contribution in [-0.2, 0) is 5.75 Å². The molecule has 0 fully saturated rings. The molecule has 3 aromatic heterocycles. The Morgan fingerprint density at radius 2 is 1.88 bits per heavy atom. The van der Waals surface area contributed by atoms with Gasteiger partial charge in [0.05, 0.1) is 6.04 Å². The van der Waals surface area contributed by atoms with Gasteiger partial charge in [-0.05, 0) is 50.6 Å². The predicted molar refractivity (Wildman–Crippen MR) is 128 cm³/mol. The molecule has 0 bridgehead atoms. The summed E-state index contributed by atoms with van der Waals surface area (Å²) in [4.78, 5) is 22.1. The summed E-state index contributed by atoms with van der Waals surface area (Å²) in [6.07, 6.45) is 0. The molecular weight excluding hydrogens is 434 g/mol. The summed E-state index contributed by atoms with van der Waals surface area (Å²) in [6, 6.07) is 19.1. The second-order valence-corrected chi connectivity index (χ2v) is 8.92. The van der Waals surface area contributed by atoms with Crippen molar-refractivity contribution in [3.63, 3.8) is 0 Å². The number of hydrogen-bond donors (Lipinski definition) is 1. The zero-order chi connectivity index (χ0) is 22.9. The molecule has 0 saturated carbocycles. The van der Waals surface area contributed by atoms with Crippen molar-refractivity contribution < 1.29 is 9.21 Å². The molecule has 0 spiro atoms. The first-order valence-corrected chi connectivity index (χ1v) is 11.7. The number of carbonyl (C=O) groups is 1. The zero-order valence-electron chi connectivity index (χ0n) is 18.6. The van der Waals surface area contributed by atoms with Crippen LogP contribution in [0.5, 0.6) is 0 Å². The third kappa shape index (κ3) is 4.34. The van der Waals surface area contributed by atoms with Crippen LogP contribution in [0, 0.1) is 13.8 Å². The minimum Gasteiger partial charge on any atom is -0.459 e. The summed E-state index contributed by atoms with van der Waals surface area (Å²) in [5.74, 6) is 1.73. The molecule has 2 aromatic carbocycles.